The minimum atomic E-state index is -0.636. The van der Waals surface area contributed by atoms with E-state index in [2.05, 4.69) is 5.32 Å². The number of amides is 1. The van der Waals surface area contributed by atoms with Gasteiger partial charge in [0.2, 0.25) is 0 Å². The van der Waals surface area contributed by atoms with Gasteiger partial charge >= 0.3 is 5.97 Å². The number of carbonyl (C=O) groups is 3. The smallest absolute Gasteiger partial charge is 0.344 e. The van der Waals surface area contributed by atoms with Gasteiger partial charge in [-0.3, -0.25) is 9.59 Å². The van der Waals surface area contributed by atoms with Crippen molar-refractivity contribution in [2.75, 3.05) is 19.8 Å². The summed E-state index contributed by atoms with van der Waals surface area (Å²) in [6.07, 6.45) is 1.14. The highest BCUT2D eigenvalue weighted by atomic mass is 16.6. The fourth-order valence-electron chi connectivity index (χ4n) is 2.55. The van der Waals surface area contributed by atoms with Gasteiger partial charge in [0.25, 0.3) is 5.91 Å². The lowest BCUT2D eigenvalue weighted by Crippen LogP contribution is -2.31. The zero-order valence-corrected chi connectivity index (χ0v) is 16.2. The Hall–Kier alpha value is -3.15. The van der Waals surface area contributed by atoms with Gasteiger partial charge in [0.1, 0.15) is 5.75 Å². The first kappa shape index (κ1) is 21.2. The summed E-state index contributed by atoms with van der Waals surface area (Å²) in [5.41, 5.74) is 2.94. The Labute approximate surface area is 164 Å². The van der Waals surface area contributed by atoms with E-state index in [9.17, 15) is 14.4 Å². The molecule has 6 nitrogen and oxygen atoms in total. The summed E-state index contributed by atoms with van der Waals surface area (Å²) in [6, 6.07) is 14.5. The van der Waals surface area contributed by atoms with Crippen molar-refractivity contribution < 1.29 is 23.9 Å². The van der Waals surface area contributed by atoms with Gasteiger partial charge in [-0.05, 0) is 48.7 Å². The number of nitrogens with one attached hydrogen (secondary N) is 1. The van der Waals surface area contributed by atoms with Gasteiger partial charge in [-0.1, -0.05) is 31.2 Å². The van der Waals surface area contributed by atoms with Crippen LogP contribution in [0, 0.1) is 6.92 Å². The van der Waals surface area contributed by atoms with Gasteiger partial charge in [-0.15, -0.1) is 0 Å². The van der Waals surface area contributed by atoms with E-state index in [-0.39, 0.29) is 24.9 Å². The van der Waals surface area contributed by atoms with Gasteiger partial charge in [-0.25, -0.2) is 4.79 Å². The summed E-state index contributed by atoms with van der Waals surface area (Å²) in [4.78, 5) is 35.0. The molecule has 0 bridgehead atoms. The number of hydrogen-bond acceptors (Lipinski definition) is 5. The van der Waals surface area contributed by atoms with Gasteiger partial charge in [0, 0.05) is 18.5 Å². The Bertz CT molecular complexity index is 814. The molecular formula is C22H25NO5. The van der Waals surface area contributed by atoms with E-state index < -0.39 is 5.97 Å². The molecule has 6 heteroatoms. The number of benzene rings is 2. The standard InChI is InChI=1S/C22H25NO5/c1-3-20(24)18-8-10-19(11-9-18)27-15-22(26)28-14-21(25)23-13-12-17-7-5-4-6-16(17)2/h4-11H,3,12-15H2,1-2H3,(H,23,25). The van der Waals surface area contributed by atoms with Crippen LogP contribution in [0.4, 0.5) is 0 Å². The van der Waals surface area contributed by atoms with Crippen molar-refractivity contribution in [3.05, 3.63) is 65.2 Å². The maximum Gasteiger partial charge on any atom is 0.344 e. The van der Waals surface area contributed by atoms with E-state index in [1.807, 2.05) is 31.2 Å². The lowest BCUT2D eigenvalue weighted by Gasteiger charge is -2.09. The molecule has 0 aliphatic heterocycles. The van der Waals surface area contributed by atoms with Gasteiger partial charge in [-0.2, -0.15) is 0 Å². The summed E-state index contributed by atoms with van der Waals surface area (Å²) in [5, 5.41) is 2.72. The van der Waals surface area contributed by atoms with Crippen LogP contribution in [0.3, 0.4) is 0 Å². The highest BCUT2D eigenvalue weighted by Crippen LogP contribution is 2.13. The van der Waals surface area contributed by atoms with E-state index in [4.69, 9.17) is 9.47 Å². The first-order valence-electron chi connectivity index (χ1n) is 9.22. The van der Waals surface area contributed by atoms with Crippen LogP contribution in [0.15, 0.2) is 48.5 Å². The fourth-order valence-corrected chi connectivity index (χ4v) is 2.55. The number of ether oxygens (including phenoxy) is 2. The Kier molecular flexibility index (Phi) is 8.21. The Morgan fingerprint density at radius 3 is 2.36 bits per heavy atom. The zero-order valence-electron chi connectivity index (χ0n) is 16.2. The highest BCUT2D eigenvalue weighted by molar-refractivity contribution is 5.95. The predicted octanol–water partition coefficient (Wildman–Crippen LogP) is 2.87. The molecule has 2 rings (SSSR count). The molecule has 0 aliphatic carbocycles. The van der Waals surface area contributed by atoms with Crippen LogP contribution in [0.1, 0.15) is 34.8 Å². The molecule has 1 amide bonds. The van der Waals surface area contributed by atoms with E-state index >= 15 is 0 Å². The second-order valence-electron chi connectivity index (χ2n) is 6.28. The third-order valence-electron chi connectivity index (χ3n) is 4.20. The largest absolute Gasteiger partial charge is 0.482 e. The van der Waals surface area contributed by atoms with Crippen LogP contribution >= 0.6 is 0 Å². The average Bonchev–Trinajstić information content (AvgIpc) is 2.72. The van der Waals surface area contributed by atoms with Gasteiger partial charge < -0.3 is 14.8 Å². The number of Topliss-reactive ketones (excluding diaryl/α,β-unsaturated/α-hetero) is 1. The number of ketones is 1. The fraction of sp³-hybridized carbons (Fsp3) is 0.318. The number of rotatable bonds is 10. The third kappa shape index (κ3) is 6.87. The van der Waals surface area contributed by atoms with Crippen molar-refractivity contribution in [2.45, 2.75) is 26.7 Å². The van der Waals surface area contributed by atoms with Crippen molar-refractivity contribution in [2.24, 2.45) is 0 Å². The number of esters is 1. The molecule has 0 saturated carbocycles. The molecule has 0 saturated heterocycles. The van der Waals surface area contributed by atoms with Crippen LogP contribution in [0.25, 0.3) is 0 Å². The monoisotopic (exact) mass is 383 g/mol. The van der Waals surface area contributed by atoms with Crippen molar-refractivity contribution in [3.63, 3.8) is 0 Å². The molecule has 0 unspecified atom stereocenters. The average molecular weight is 383 g/mol. The molecule has 0 heterocycles. The number of carbonyl (C=O) groups excluding carboxylic acids is 3. The van der Waals surface area contributed by atoms with Crippen LogP contribution in [0.5, 0.6) is 5.75 Å². The lowest BCUT2D eigenvalue weighted by molar-refractivity contribution is -0.150. The van der Waals surface area contributed by atoms with E-state index in [1.165, 1.54) is 11.1 Å². The van der Waals surface area contributed by atoms with Crippen LogP contribution in [-0.2, 0) is 20.7 Å². The molecule has 0 atom stereocenters. The summed E-state index contributed by atoms with van der Waals surface area (Å²) < 4.78 is 10.2. The lowest BCUT2D eigenvalue weighted by atomic mass is 10.1. The molecule has 0 radical (unpaired) electrons. The Balaban J connectivity index is 1.64. The normalized spacial score (nSPS) is 10.2. The first-order valence-corrected chi connectivity index (χ1v) is 9.22. The third-order valence-corrected chi connectivity index (χ3v) is 4.20. The summed E-state index contributed by atoms with van der Waals surface area (Å²) >= 11 is 0. The van der Waals surface area contributed by atoms with Crippen LogP contribution < -0.4 is 10.1 Å². The molecule has 0 aliphatic rings. The molecule has 2 aromatic carbocycles. The maximum absolute atomic E-state index is 11.8. The molecule has 148 valence electrons. The van der Waals surface area contributed by atoms with Crippen molar-refractivity contribution >= 4 is 17.7 Å². The van der Waals surface area contributed by atoms with Gasteiger partial charge in [0.05, 0.1) is 0 Å². The highest BCUT2D eigenvalue weighted by Gasteiger charge is 2.09. The first-order chi connectivity index (χ1) is 13.5. The SMILES string of the molecule is CCC(=O)c1ccc(OCC(=O)OCC(=O)NCCc2ccccc2C)cc1. The Morgan fingerprint density at radius 1 is 0.964 bits per heavy atom. The predicted molar refractivity (Wildman–Crippen MR) is 105 cm³/mol. The van der Waals surface area contributed by atoms with E-state index in [0.717, 1.165) is 0 Å². The molecule has 0 aromatic heterocycles. The summed E-state index contributed by atoms with van der Waals surface area (Å²) in [7, 11) is 0. The second kappa shape index (κ2) is 10.9. The van der Waals surface area contributed by atoms with Gasteiger partial charge in [0.15, 0.2) is 19.0 Å². The van der Waals surface area contributed by atoms with Crippen molar-refractivity contribution in [3.8, 4) is 5.75 Å². The maximum atomic E-state index is 11.8. The number of aryl methyl sites for hydroxylation is 1. The Morgan fingerprint density at radius 2 is 1.68 bits per heavy atom. The molecule has 1 N–H and O–H groups in total. The van der Waals surface area contributed by atoms with Crippen LogP contribution in [-0.4, -0.2) is 37.4 Å². The van der Waals surface area contributed by atoms with E-state index in [1.54, 1.807) is 31.2 Å². The van der Waals surface area contributed by atoms with Crippen LogP contribution in [0.2, 0.25) is 0 Å². The topological polar surface area (TPSA) is 81.7 Å². The molecule has 2 aromatic rings. The second-order valence-corrected chi connectivity index (χ2v) is 6.28. The summed E-state index contributed by atoms with van der Waals surface area (Å²) in [5.74, 6) is -0.501. The molecule has 0 fully saturated rings. The van der Waals surface area contributed by atoms with Crippen molar-refractivity contribution in [1.82, 2.24) is 5.32 Å². The minimum absolute atomic E-state index is 0.0411. The quantitative estimate of drug-likeness (QED) is 0.504. The minimum Gasteiger partial charge on any atom is -0.482 e. The number of hydrogen-bond donors (Lipinski definition) is 1. The molecule has 28 heavy (non-hydrogen) atoms. The van der Waals surface area contributed by atoms with Crippen molar-refractivity contribution in [1.29, 1.82) is 0 Å². The molecule has 0 spiro atoms. The molecular weight excluding hydrogens is 358 g/mol. The zero-order chi connectivity index (χ0) is 20.4. The summed E-state index contributed by atoms with van der Waals surface area (Å²) in [6.45, 7) is 3.63. The van der Waals surface area contributed by atoms with E-state index in [0.29, 0.717) is 30.7 Å².